The van der Waals surface area contributed by atoms with E-state index in [1.807, 2.05) is 6.08 Å². The van der Waals surface area contributed by atoms with Gasteiger partial charge in [0.05, 0.1) is 13.2 Å². The number of piperidine rings is 1. The number of esters is 1. The van der Waals surface area contributed by atoms with E-state index in [0.29, 0.717) is 26.0 Å². The summed E-state index contributed by atoms with van der Waals surface area (Å²) in [4.78, 5) is 40.8. The molecule has 31 heavy (non-hydrogen) atoms. The van der Waals surface area contributed by atoms with Gasteiger partial charge in [-0.3, -0.25) is 14.4 Å². The van der Waals surface area contributed by atoms with Crippen LogP contribution in [-0.2, 0) is 19.1 Å². The van der Waals surface area contributed by atoms with Gasteiger partial charge in [0, 0.05) is 24.6 Å². The van der Waals surface area contributed by atoms with Crippen LogP contribution < -0.4 is 5.32 Å². The van der Waals surface area contributed by atoms with Gasteiger partial charge in [0.1, 0.15) is 5.41 Å². The molecule has 0 spiro atoms. The molecule has 2 atom stereocenters. The van der Waals surface area contributed by atoms with Gasteiger partial charge < -0.3 is 15.0 Å². The summed E-state index contributed by atoms with van der Waals surface area (Å²) in [6.07, 6.45) is 17.7. The van der Waals surface area contributed by atoms with Crippen molar-refractivity contribution in [1.29, 1.82) is 0 Å². The number of carbonyl (C=O) groups excluding carboxylic acids is 3. The van der Waals surface area contributed by atoms with Crippen molar-refractivity contribution in [1.82, 2.24) is 10.2 Å². The average molecular weight is 427 g/mol. The highest BCUT2D eigenvalue weighted by Gasteiger charge is 2.54. The first-order valence-corrected chi connectivity index (χ1v) is 11.6. The number of carbonyl (C=O) groups is 3. The number of hydrogen-bond acceptors (Lipinski definition) is 4. The molecular weight excluding hydrogens is 392 g/mol. The molecule has 1 N–H and O–H groups in total. The summed E-state index contributed by atoms with van der Waals surface area (Å²) in [5.41, 5.74) is 1.32. The lowest BCUT2D eigenvalue weighted by atomic mass is 9.66. The SMILES string of the molecule is C#CCNC(=O)C[C@@H]1C[C@@]2(C(=O)OCC)CCCC=C2N(CCC2=CCCCC2)C1=O. The molecule has 6 nitrogen and oxygen atoms in total. The second-order valence-corrected chi connectivity index (χ2v) is 8.72. The quantitative estimate of drug-likeness (QED) is 0.366. The van der Waals surface area contributed by atoms with Crippen LogP contribution in [0.25, 0.3) is 0 Å². The molecule has 2 amide bonds. The minimum absolute atomic E-state index is 0.0359. The Hall–Kier alpha value is -2.55. The molecule has 1 aliphatic heterocycles. The molecule has 0 saturated carbocycles. The number of fused-ring (bicyclic) bond motifs is 1. The van der Waals surface area contributed by atoms with Crippen LogP contribution in [0.15, 0.2) is 23.4 Å². The summed E-state index contributed by atoms with van der Waals surface area (Å²) in [7, 11) is 0. The third-order valence-corrected chi connectivity index (χ3v) is 6.66. The van der Waals surface area contributed by atoms with Gasteiger partial charge >= 0.3 is 5.97 Å². The second-order valence-electron chi connectivity index (χ2n) is 8.72. The number of ether oxygens (including phenoxy) is 1. The first-order valence-electron chi connectivity index (χ1n) is 11.6. The summed E-state index contributed by atoms with van der Waals surface area (Å²) in [5.74, 6) is 1.23. The topological polar surface area (TPSA) is 75.7 Å². The Morgan fingerprint density at radius 3 is 2.81 bits per heavy atom. The fraction of sp³-hybridized carbons (Fsp3) is 0.640. The summed E-state index contributed by atoms with van der Waals surface area (Å²) < 4.78 is 5.48. The number of hydrogen-bond donors (Lipinski definition) is 1. The highest BCUT2D eigenvalue weighted by atomic mass is 16.5. The molecule has 0 unspecified atom stereocenters. The third-order valence-electron chi connectivity index (χ3n) is 6.66. The van der Waals surface area contributed by atoms with Gasteiger partial charge in [-0.25, -0.2) is 0 Å². The molecule has 0 bridgehead atoms. The van der Waals surface area contributed by atoms with Gasteiger partial charge in [0.15, 0.2) is 0 Å². The maximum Gasteiger partial charge on any atom is 0.318 e. The molecule has 1 heterocycles. The van der Waals surface area contributed by atoms with Gasteiger partial charge in [-0.2, -0.15) is 0 Å². The van der Waals surface area contributed by atoms with E-state index in [2.05, 4.69) is 17.3 Å². The second kappa shape index (κ2) is 10.7. The Labute approximate surface area is 185 Å². The predicted molar refractivity (Wildman–Crippen MR) is 118 cm³/mol. The lowest BCUT2D eigenvalue weighted by molar-refractivity contribution is -0.162. The molecular formula is C25H34N2O4. The Morgan fingerprint density at radius 2 is 2.10 bits per heavy atom. The Kier molecular flexibility index (Phi) is 7.95. The minimum Gasteiger partial charge on any atom is -0.465 e. The Morgan fingerprint density at radius 1 is 1.29 bits per heavy atom. The molecule has 0 aromatic heterocycles. The minimum atomic E-state index is -0.847. The summed E-state index contributed by atoms with van der Waals surface area (Å²) in [5, 5.41) is 2.65. The van der Waals surface area contributed by atoms with Crippen LogP contribution in [0.5, 0.6) is 0 Å². The molecule has 6 heteroatoms. The number of rotatable bonds is 8. The van der Waals surface area contributed by atoms with Crippen LogP contribution in [0, 0.1) is 23.7 Å². The average Bonchev–Trinajstić information content (AvgIpc) is 2.78. The maximum atomic E-state index is 13.5. The van der Waals surface area contributed by atoms with E-state index >= 15 is 0 Å². The first kappa shape index (κ1) is 23.1. The number of likely N-dealkylation sites (tertiary alicyclic amines) is 1. The van der Waals surface area contributed by atoms with E-state index < -0.39 is 11.3 Å². The molecule has 3 aliphatic rings. The van der Waals surface area contributed by atoms with Crippen LogP contribution in [-0.4, -0.2) is 42.4 Å². The molecule has 0 aromatic carbocycles. The van der Waals surface area contributed by atoms with E-state index in [4.69, 9.17) is 11.2 Å². The number of terminal acetylenes is 1. The van der Waals surface area contributed by atoms with Gasteiger partial charge in [-0.1, -0.05) is 23.6 Å². The summed E-state index contributed by atoms with van der Waals surface area (Å²) in [6, 6.07) is 0. The Bertz CT molecular complexity index is 807. The van der Waals surface area contributed by atoms with Crippen molar-refractivity contribution in [2.24, 2.45) is 11.3 Å². The van der Waals surface area contributed by atoms with Crippen LogP contribution in [0.2, 0.25) is 0 Å². The molecule has 1 fully saturated rings. The number of nitrogens with one attached hydrogen (secondary N) is 1. The van der Waals surface area contributed by atoms with Crippen LogP contribution >= 0.6 is 0 Å². The van der Waals surface area contributed by atoms with Crippen LogP contribution in [0.1, 0.15) is 71.1 Å². The molecule has 168 valence electrons. The largest absolute Gasteiger partial charge is 0.465 e. The lowest BCUT2D eigenvalue weighted by Gasteiger charge is -2.48. The molecule has 2 aliphatic carbocycles. The summed E-state index contributed by atoms with van der Waals surface area (Å²) >= 11 is 0. The number of amides is 2. The van der Waals surface area contributed by atoms with Crippen molar-refractivity contribution < 1.29 is 19.1 Å². The monoisotopic (exact) mass is 426 g/mol. The van der Waals surface area contributed by atoms with Gasteiger partial charge in [-0.15, -0.1) is 6.42 Å². The molecule has 0 aromatic rings. The van der Waals surface area contributed by atoms with Crippen LogP contribution in [0.4, 0.5) is 0 Å². The zero-order chi connectivity index (χ0) is 22.3. The van der Waals surface area contributed by atoms with E-state index in [-0.39, 0.29) is 30.7 Å². The molecule has 1 saturated heterocycles. The van der Waals surface area contributed by atoms with Crippen molar-refractivity contribution in [3.05, 3.63) is 23.4 Å². The smallest absolute Gasteiger partial charge is 0.318 e. The number of nitrogens with zero attached hydrogens (tertiary/aromatic N) is 1. The van der Waals surface area contributed by atoms with E-state index in [1.165, 1.54) is 18.4 Å². The van der Waals surface area contributed by atoms with Gasteiger partial charge in [0.25, 0.3) is 0 Å². The van der Waals surface area contributed by atoms with Crippen molar-refractivity contribution in [3.63, 3.8) is 0 Å². The normalized spacial score (nSPS) is 25.6. The molecule has 3 rings (SSSR count). The summed E-state index contributed by atoms with van der Waals surface area (Å²) in [6.45, 7) is 2.76. The maximum absolute atomic E-state index is 13.5. The van der Waals surface area contributed by atoms with Crippen molar-refractivity contribution in [2.45, 2.75) is 71.1 Å². The predicted octanol–water partition coefficient (Wildman–Crippen LogP) is 3.48. The van der Waals surface area contributed by atoms with Crippen molar-refractivity contribution in [3.8, 4) is 12.3 Å². The van der Waals surface area contributed by atoms with Gasteiger partial charge in [-0.05, 0) is 64.7 Å². The highest BCUT2D eigenvalue weighted by Crippen LogP contribution is 2.50. The van der Waals surface area contributed by atoms with E-state index in [0.717, 1.165) is 37.8 Å². The number of allylic oxidation sites excluding steroid dienone is 2. The standard InChI is InChI=1S/C25H34N2O4/c1-3-15-26-22(28)17-20-18-25(24(30)31-4-2)14-9-8-12-21(25)27(23(20)29)16-13-19-10-6-5-7-11-19/h1,10,12,20H,4-9,11,13-18H2,2H3,(H,26,28)/t20-,25+/m1/s1. The molecule has 0 radical (unpaired) electrons. The highest BCUT2D eigenvalue weighted by molar-refractivity contribution is 5.92. The fourth-order valence-corrected chi connectivity index (χ4v) is 5.17. The Balaban J connectivity index is 1.88. The van der Waals surface area contributed by atoms with E-state index in [1.54, 1.807) is 11.8 Å². The zero-order valence-corrected chi connectivity index (χ0v) is 18.6. The first-order chi connectivity index (χ1) is 15.0. The van der Waals surface area contributed by atoms with E-state index in [9.17, 15) is 14.4 Å². The van der Waals surface area contributed by atoms with Crippen molar-refractivity contribution in [2.75, 3.05) is 19.7 Å². The lowest BCUT2D eigenvalue weighted by Crippen LogP contribution is -2.54. The van der Waals surface area contributed by atoms with Crippen molar-refractivity contribution >= 4 is 17.8 Å². The van der Waals surface area contributed by atoms with Gasteiger partial charge in [0.2, 0.25) is 11.8 Å². The van der Waals surface area contributed by atoms with Crippen LogP contribution in [0.3, 0.4) is 0 Å². The fourth-order valence-electron chi connectivity index (χ4n) is 5.17. The zero-order valence-electron chi connectivity index (χ0n) is 18.6. The third kappa shape index (κ3) is 5.20.